The largest absolute Gasteiger partial charge is 0.465 e. The lowest BCUT2D eigenvalue weighted by atomic mass is 9.89. The molecule has 0 radical (unpaired) electrons. The van der Waals surface area contributed by atoms with Gasteiger partial charge in [0.15, 0.2) is 0 Å². The first-order valence-corrected chi connectivity index (χ1v) is 4.51. The van der Waals surface area contributed by atoms with Crippen LogP contribution < -0.4 is 0 Å². The van der Waals surface area contributed by atoms with E-state index in [2.05, 4.69) is 0 Å². The van der Waals surface area contributed by atoms with E-state index in [9.17, 15) is 9.90 Å². The molecule has 1 heterocycles. The van der Waals surface area contributed by atoms with Crippen molar-refractivity contribution in [1.29, 1.82) is 0 Å². The molecule has 0 saturated carbocycles. The summed E-state index contributed by atoms with van der Waals surface area (Å²) in [7, 11) is 0. The highest BCUT2D eigenvalue weighted by Crippen LogP contribution is 2.26. The summed E-state index contributed by atoms with van der Waals surface area (Å²) in [6.07, 6.45) is 1.07. The molecule has 1 aliphatic heterocycles. The highest BCUT2D eigenvalue weighted by Gasteiger charge is 2.38. The van der Waals surface area contributed by atoms with Gasteiger partial charge in [-0.05, 0) is 6.42 Å². The zero-order valence-electron chi connectivity index (χ0n) is 7.62. The fourth-order valence-corrected chi connectivity index (χ4v) is 1.66. The number of aliphatic hydroxyl groups is 1. The minimum Gasteiger partial charge on any atom is -0.465 e. The summed E-state index contributed by atoms with van der Waals surface area (Å²) in [6.45, 7) is 4.40. The average molecular weight is 172 g/mol. The minimum atomic E-state index is -0.514. The Labute approximate surface area is 72.7 Å². The summed E-state index contributed by atoms with van der Waals surface area (Å²) < 4.78 is 4.85. The van der Waals surface area contributed by atoms with Crippen LogP contribution in [0.3, 0.4) is 0 Å². The Morgan fingerprint density at radius 1 is 1.75 bits per heavy atom. The van der Waals surface area contributed by atoms with E-state index in [1.54, 1.807) is 0 Å². The van der Waals surface area contributed by atoms with E-state index < -0.39 is 6.10 Å². The van der Waals surface area contributed by atoms with Crippen molar-refractivity contribution in [2.45, 2.75) is 32.8 Å². The molecule has 3 nitrogen and oxygen atoms in total. The van der Waals surface area contributed by atoms with Gasteiger partial charge in [-0.2, -0.15) is 0 Å². The second-order valence-electron chi connectivity index (χ2n) is 3.49. The van der Waals surface area contributed by atoms with Crippen LogP contribution in [0.4, 0.5) is 0 Å². The lowest BCUT2D eigenvalue weighted by molar-refractivity contribution is -0.144. The van der Waals surface area contributed by atoms with Crippen LogP contribution in [-0.2, 0) is 9.53 Å². The highest BCUT2D eigenvalue weighted by molar-refractivity contribution is 5.75. The third-order valence-corrected chi connectivity index (χ3v) is 2.37. The summed E-state index contributed by atoms with van der Waals surface area (Å²) in [6, 6.07) is 0. The van der Waals surface area contributed by atoms with Crippen molar-refractivity contribution in [2.24, 2.45) is 11.8 Å². The van der Waals surface area contributed by atoms with Gasteiger partial charge in [0.25, 0.3) is 0 Å². The highest BCUT2D eigenvalue weighted by atomic mass is 16.5. The Morgan fingerprint density at radius 3 is 2.83 bits per heavy atom. The van der Waals surface area contributed by atoms with Crippen molar-refractivity contribution < 1.29 is 14.6 Å². The molecule has 1 N–H and O–H groups in total. The molecule has 3 atom stereocenters. The molecule has 70 valence electrons. The van der Waals surface area contributed by atoms with E-state index >= 15 is 0 Å². The molecule has 0 aromatic rings. The summed E-state index contributed by atoms with van der Waals surface area (Å²) in [5.74, 6) is -0.354. The first kappa shape index (κ1) is 9.52. The van der Waals surface area contributed by atoms with Crippen LogP contribution in [0, 0.1) is 11.8 Å². The standard InChI is InChI=1S/C9H16O3/c1-3-4-7(10)8-6(2)5-12-9(8)11/h6-8,10H,3-5H2,1-2H3. The second kappa shape index (κ2) is 3.90. The molecule has 12 heavy (non-hydrogen) atoms. The van der Waals surface area contributed by atoms with Crippen molar-refractivity contribution in [3.8, 4) is 0 Å². The summed E-state index contributed by atoms with van der Waals surface area (Å²) in [4.78, 5) is 11.1. The van der Waals surface area contributed by atoms with E-state index in [-0.39, 0.29) is 17.8 Å². The predicted octanol–water partition coefficient (Wildman–Crippen LogP) is 0.956. The molecular weight excluding hydrogens is 156 g/mol. The van der Waals surface area contributed by atoms with Gasteiger partial charge >= 0.3 is 5.97 Å². The van der Waals surface area contributed by atoms with Crippen molar-refractivity contribution in [3.63, 3.8) is 0 Å². The van der Waals surface area contributed by atoms with Gasteiger partial charge in [-0.1, -0.05) is 20.3 Å². The van der Waals surface area contributed by atoms with E-state index in [1.807, 2.05) is 13.8 Å². The second-order valence-corrected chi connectivity index (χ2v) is 3.49. The molecule has 1 rings (SSSR count). The van der Waals surface area contributed by atoms with Crippen molar-refractivity contribution in [2.75, 3.05) is 6.61 Å². The van der Waals surface area contributed by atoms with Crippen molar-refractivity contribution in [3.05, 3.63) is 0 Å². The van der Waals surface area contributed by atoms with Crippen LogP contribution in [0.1, 0.15) is 26.7 Å². The number of carbonyl (C=O) groups excluding carboxylic acids is 1. The number of aliphatic hydroxyl groups excluding tert-OH is 1. The molecule has 3 heteroatoms. The van der Waals surface area contributed by atoms with Gasteiger partial charge in [0.2, 0.25) is 0 Å². The first-order chi connectivity index (χ1) is 5.66. The maximum absolute atomic E-state index is 11.1. The topological polar surface area (TPSA) is 46.5 Å². The third-order valence-electron chi connectivity index (χ3n) is 2.37. The molecule has 0 aromatic heterocycles. The Kier molecular flexibility index (Phi) is 3.09. The predicted molar refractivity (Wildman–Crippen MR) is 44.5 cm³/mol. The van der Waals surface area contributed by atoms with Crippen LogP contribution in [0.25, 0.3) is 0 Å². The molecule has 1 aliphatic rings. The van der Waals surface area contributed by atoms with Crippen LogP contribution >= 0.6 is 0 Å². The third kappa shape index (κ3) is 1.78. The number of cyclic esters (lactones) is 1. The molecule has 1 fully saturated rings. The SMILES string of the molecule is CCCC(O)C1C(=O)OCC1C. The number of carbonyl (C=O) groups is 1. The Hall–Kier alpha value is -0.570. The lowest BCUT2D eigenvalue weighted by Gasteiger charge is -2.16. The summed E-state index contributed by atoms with van der Waals surface area (Å²) in [5, 5.41) is 9.59. The molecule has 0 aliphatic carbocycles. The molecule has 0 spiro atoms. The Morgan fingerprint density at radius 2 is 2.42 bits per heavy atom. The Balaban J connectivity index is 2.53. The van der Waals surface area contributed by atoms with Crippen molar-refractivity contribution in [1.82, 2.24) is 0 Å². The molecular formula is C9H16O3. The zero-order chi connectivity index (χ0) is 9.14. The number of hydrogen-bond donors (Lipinski definition) is 1. The Bertz CT molecular complexity index is 167. The van der Waals surface area contributed by atoms with Crippen LogP contribution in [0.15, 0.2) is 0 Å². The molecule has 0 aromatic carbocycles. The average Bonchev–Trinajstić information content (AvgIpc) is 2.32. The van der Waals surface area contributed by atoms with Gasteiger partial charge in [0.05, 0.1) is 18.6 Å². The first-order valence-electron chi connectivity index (χ1n) is 4.51. The van der Waals surface area contributed by atoms with Crippen LogP contribution in [0.5, 0.6) is 0 Å². The van der Waals surface area contributed by atoms with Gasteiger partial charge in [-0.25, -0.2) is 0 Å². The van der Waals surface area contributed by atoms with E-state index in [1.165, 1.54) is 0 Å². The summed E-state index contributed by atoms with van der Waals surface area (Å²) >= 11 is 0. The van der Waals surface area contributed by atoms with Crippen LogP contribution in [0.2, 0.25) is 0 Å². The van der Waals surface area contributed by atoms with Crippen molar-refractivity contribution >= 4 is 5.97 Å². The number of rotatable bonds is 3. The zero-order valence-corrected chi connectivity index (χ0v) is 7.62. The number of hydrogen-bond acceptors (Lipinski definition) is 3. The molecule has 0 bridgehead atoms. The number of ether oxygens (including phenoxy) is 1. The van der Waals surface area contributed by atoms with Crippen LogP contribution in [-0.4, -0.2) is 23.8 Å². The van der Waals surface area contributed by atoms with E-state index in [0.29, 0.717) is 13.0 Å². The van der Waals surface area contributed by atoms with E-state index in [0.717, 1.165) is 6.42 Å². The van der Waals surface area contributed by atoms with Gasteiger partial charge in [0.1, 0.15) is 0 Å². The fourth-order valence-electron chi connectivity index (χ4n) is 1.66. The molecule has 0 amide bonds. The summed E-state index contributed by atoms with van der Waals surface area (Å²) in [5.41, 5.74) is 0. The lowest BCUT2D eigenvalue weighted by Crippen LogP contribution is -2.28. The van der Waals surface area contributed by atoms with Gasteiger partial charge < -0.3 is 9.84 Å². The van der Waals surface area contributed by atoms with E-state index in [4.69, 9.17) is 4.74 Å². The minimum absolute atomic E-state index is 0.166. The smallest absolute Gasteiger partial charge is 0.311 e. The maximum Gasteiger partial charge on any atom is 0.311 e. The fraction of sp³-hybridized carbons (Fsp3) is 0.889. The van der Waals surface area contributed by atoms with Gasteiger partial charge in [0, 0.05) is 5.92 Å². The number of esters is 1. The molecule has 1 saturated heterocycles. The molecule has 3 unspecified atom stereocenters. The normalized spacial score (nSPS) is 31.8. The quantitative estimate of drug-likeness (QED) is 0.645. The van der Waals surface area contributed by atoms with Gasteiger partial charge in [-0.15, -0.1) is 0 Å². The maximum atomic E-state index is 11.1. The monoisotopic (exact) mass is 172 g/mol. The van der Waals surface area contributed by atoms with Gasteiger partial charge in [-0.3, -0.25) is 4.79 Å².